The molecule has 3 aromatic rings. The highest BCUT2D eigenvalue weighted by Crippen LogP contribution is 2.30. The minimum absolute atomic E-state index is 0.0610. The number of hydrogen-bond acceptors (Lipinski definition) is 2. The van der Waals surface area contributed by atoms with E-state index in [-0.39, 0.29) is 6.61 Å². The molecule has 0 aliphatic carbocycles. The Hall–Kier alpha value is -2.76. The highest BCUT2D eigenvalue weighted by molar-refractivity contribution is 5.57. The van der Waals surface area contributed by atoms with Crippen LogP contribution >= 0.6 is 0 Å². The predicted octanol–water partition coefficient (Wildman–Crippen LogP) is 4.67. The van der Waals surface area contributed by atoms with Gasteiger partial charge in [-0.3, -0.25) is 0 Å². The normalized spacial score (nSPS) is 11.4. The molecule has 118 valence electrons. The van der Waals surface area contributed by atoms with Gasteiger partial charge in [-0.15, -0.1) is 0 Å². The number of halogens is 3. The number of imidazole rings is 1. The van der Waals surface area contributed by atoms with Crippen LogP contribution in [-0.4, -0.2) is 9.97 Å². The van der Waals surface area contributed by atoms with Gasteiger partial charge in [0.05, 0.1) is 5.56 Å². The fourth-order valence-corrected chi connectivity index (χ4v) is 2.16. The van der Waals surface area contributed by atoms with Crippen LogP contribution in [0.15, 0.2) is 60.9 Å². The Bertz CT molecular complexity index is 783. The molecule has 3 rings (SSSR count). The van der Waals surface area contributed by atoms with E-state index in [0.29, 0.717) is 17.1 Å². The second kappa shape index (κ2) is 6.16. The summed E-state index contributed by atoms with van der Waals surface area (Å²) in [4.78, 5) is 7.14. The zero-order valence-electron chi connectivity index (χ0n) is 12.0. The molecular formula is C17H13F3N2O. The molecule has 0 saturated heterocycles. The fraction of sp³-hybridized carbons (Fsp3) is 0.118. The standard InChI is InChI=1S/C17H13F3N2O/c18-17(19,20)14-5-1-3-12(9-14)11-23-15-6-2-4-13(10-15)16-21-7-8-22-16/h1-10H,11H2,(H,21,22). The molecular weight excluding hydrogens is 305 g/mol. The van der Waals surface area contributed by atoms with E-state index in [9.17, 15) is 13.2 Å². The van der Waals surface area contributed by atoms with Gasteiger partial charge in [-0.2, -0.15) is 13.2 Å². The molecule has 0 aliphatic heterocycles. The highest BCUT2D eigenvalue weighted by atomic mass is 19.4. The smallest absolute Gasteiger partial charge is 0.416 e. The molecule has 0 fully saturated rings. The first-order chi connectivity index (χ1) is 11.0. The Morgan fingerprint density at radius 3 is 2.61 bits per heavy atom. The third-order valence-electron chi connectivity index (χ3n) is 3.27. The molecule has 0 unspecified atom stereocenters. The number of H-pyrrole nitrogens is 1. The number of aromatic nitrogens is 2. The summed E-state index contributed by atoms with van der Waals surface area (Å²) in [6, 6.07) is 12.3. The quantitative estimate of drug-likeness (QED) is 0.759. The Kier molecular flexibility index (Phi) is 4.06. The average Bonchev–Trinajstić information content (AvgIpc) is 3.07. The monoisotopic (exact) mass is 318 g/mol. The zero-order valence-corrected chi connectivity index (χ0v) is 12.0. The summed E-state index contributed by atoms with van der Waals surface area (Å²) in [6.07, 6.45) is -0.994. The largest absolute Gasteiger partial charge is 0.489 e. The van der Waals surface area contributed by atoms with E-state index in [4.69, 9.17) is 4.74 Å². The lowest BCUT2D eigenvalue weighted by Gasteiger charge is -2.10. The van der Waals surface area contributed by atoms with Crippen molar-refractivity contribution in [2.45, 2.75) is 12.8 Å². The molecule has 0 spiro atoms. The topological polar surface area (TPSA) is 37.9 Å². The lowest BCUT2D eigenvalue weighted by molar-refractivity contribution is -0.137. The van der Waals surface area contributed by atoms with Gasteiger partial charge in [0.2, 0.25) is 0 Å². The minimum Gasteiger partial charge on any atom is -0.489 e. The van der Waals surface area contributed by atoms with E-state index in [0.717, 1.165) is 17.7 Å². The maximum Gasteiger partial charge on any atom is 0.416 e. The van der Waals surface area contributed by atoms with E-state index < -0.39 is 11.7 Å². The van der Waals surface area contributed by atoms with Gasteiger partial charge >= 0.3 is 6.18 Å². The van der Waals surface area contributed by atoms with Gasteiger partial charge in [0, 0.05) is 18.0 Å². The van der Waals surface area contributed by atoms with Crippen LogP contribution in [-0.2, 0) is 12.8 Å². The third kappa shape index (κ3) is 3.71. The minimum atomic E-state index is -4.35. The van der Waals surface area contributed by atoms with Crippen LogP contribution in [0.3, 0.4) is 0 Å². The summed E-state index contributed by atoms with van der Waals surface area (Å²) in [5.41, 5.74) is 0.628. The number of alkyl halides is 3. The molecule has 3 nitrogen and oxygen atoms in total. The lowest BCUT2D eigenvalue weighted by atomic mass is 10.1. The number of nitrogens with zero attached hydrogens (tertiary/aromatic N) is 1. The van der Waals surface area contributed by atoms with Crippen LogP contribution < -0.4 is 4.74 Å². The van der Waals surface area contributed by atoms with Gasteiger partial charge in [0.1, 0.15) is 18.2 Å². The zero-order chi connectivity index (χ0) is 16.3. The van der Waals surface area contributed by atoms with E-state index in [1.165, 1.54) is 6.07 Å². The van der Waals surface area contributed by atoms with Crippen LogP contribution in [0.5, 0.6) is 5.75 Å². The fourth-order valence-electron chi connectivity index (χ4n) is 2.16. The molecule has 1 N–H and O–H groups in total. The summed E-state index contributed by atoms with van der Waals surface area (Å²) < 4.78 is 43.7. The summed E-state index contributed by atoms with van der Waals surface area (Å²) >= 11 is 0. The van der Waals surface area contributed by atoms with Crippen molar-refractivity contribution in [3.8, 4) is 17.1 Å². The molecule has 6 heteroatoms. The summed E-state index contributed by atoms with van der Waals surface area (Å²) in [5.74, 6) is 1.27. The number of benzene rings is 2. The number of nitrogens with one attached hydrogen (secondary N) is 1. The van der Waals surface area contributed by atoms with Gasteiger partial charge < -0.3 is 9.72 Å². The van der Waals surface area contributed by atoms with E-state index in [2.05, 4.69) is 9.97 Å². The Morgan fingerprint density at radius 2 is 1.87 bits per heavy atom. The third-order valence-corrected chi connectivity index (χ3v) is 3.27. The van der Waals surface area contributed by atoms with Crippen molar-refractivity contribution < 1.29 is 17.9 Å². The maximum absolute atomic E-state index is 12.7. The molecule has 1 heterocycles. The summed E-state index contributed by atoms with van der Waals surface area (Å²) in [6.45, 7) is 0.0610. The van der Waals surface area contributed by atoms with Crippen molar-refractivity contribution in [3.05, 3.63) is 72.1 Å². The SMILES string of the molecule is FC(F)(F)c1cccc(COc2cccc(-c3ncc[nH]3)c2)c1. The van der Waals surface area contributed by atoms with Crippen molar-refractivity contribution in [2.75, 3.05) is 0 Å². The predicted molar refractivity (Wildman–Crippen MR) is 79.8 cm³/mol. The maximum atomic E-state index is 12.7. The van der Waals surface area contributed by atoms with E-state index in [1.54, 1.807) is 36.7 Å². The molecule has 1 aromatic heterocycles. The molecule has 0 radical (unpaired) electrons. The number of rotatable bonds is 4. The Balaban J connectivity index is 1.73. The van der Waals surface area contributed by atoms with Crippen molar-refractivity contribution >= 4 is 0 Å². The van der Waals surface area contributed by atoms with E-state index in [1.807, 2.05) is 6.07 Å². The van der Waals surface area contributed by atoms with Crippen LogP contribution in [0.25, 0.3) is 11.4 Å². The van der Waals surface area contributed by atoms with E-state index >= 15 is 0 Å². The van der Waals surface area contributed by atoms with Gasteiger partial charge in [-0.05, 0) is 29.8 Å². The first kappa shape index (κ1) is 15.1. The van der Waals surface area contributed by atoms with Crippen molar-refractivity contribution in [1.82, 2.24) is 9.97 Å². The van der Waals surface area contributed by atoms with Crippen molar-refractivity contribution in [3.63, 3.8) is 0 Å². The molecule has 2 aromatic carbocycles. The first-order valence-electron chi connectivity index (χ1n) is 6.91. The molecule has 0 bridgehead atoms. The molecule has 0 aliphatic rings. The molecule has 23 heavy (non-hydrogen) atoms. The second-order valence-corrected chi connectivity index (χ2v) is 4.95. The highest BCUT2D eigenvalue weighted by Gasteiger charge is 2.30. The Labute approximate surface area is 130 Å². The number of aromatic amines is 1. The van der Waals surface area contributed by atoms with Crippen LogP contribution in [0.4, 0.5) is 13.2 Å². The average molecular weight is 318 g/mol. The first-order valence-corrected chi connectivity index (χ1v) is 6.91. The van der Waals surface area contributed by atoms with Gasteiger partial charge in [0.25, 0.3) is 0 Å². The van der Waals surface area contributed by atoms with Gasteiger partial charge in [-0.25, -0.2) is 4.98 Å². The van der Waals surface area contributed by atoms with Crippen LogP contribution in [0.1, 0.15) is 11.1 Å². The lowest BCUT2D eigenvalue weighted by Crippen LogP contribution is -2.06. The molecule has 0 atom stereocenters. The Morgan fingerprint density at radius 1 is 1.04 bits per heavy atom. The number of ether oxygens (including phenoxy) is 1. The van der Waals surface area contributed by atoms with Crippen LogP contribution in [0, 0.1) is 0 Å². The molecule has 0 saturated carbocycles. The summed E-state index contributed by atoms with van der Waals surface area (Å²) in [7, 11) is 0. The molecule has 0 amide bonds. The van der Waals surface area contributed by atoms with Crippen molar-refractivity contribution in [2.24, 2.45) is 0 Å². The van der Waals surface area contributed by atoms with Gasteiger partial charge in [-0.1, -0.05) is 24.3 Å². The van der Waals surface area contributed by atoms with Crippen molar-refractivity contribution in [1.29, 1.82) is 0 Å². The second-order valence-electron chi connectivity index (χ2n) is 4.95. The van der Waals surface area contributed by atoms with Gasteiger partial charge in [0.15, 0.2) is 0 Å². The van der Waals surface area contributed by atoms with Crippen LogP contribution in [0.2, 0.25) is 0 Å². The number of hydrogen-bond donors (Lipinski definition) is 1. The summed E-state index contributed by atoms with van der Waals surface area (Å²) in [5, 5.41) is 0.